The SMILES string of the molecule is O=C(c1cccc(C(F)(F)F)c1)N1CCCC1c1nc2cc(-c3ccc(F)cc3)ccc2o1. The fourth-order valence-corrected chi connectivity index (χ4v) is 4.17. The Hall–Kier alpha value is -3.68. The second kappa shape index (κ2) is 8.03. The minimum atomic E-state index is -4.52. The summed E-state index contributed by atoms with van der Waals surface area (Å²) in [6.07, 6.45) is -3.24. The van der Waals surface area contributed by atoms with Gasteiger partial charge in [-0.2, -0.15) is 13.2 Å². The first-order valence-corrected chi connectivity index (χ1v) is 10.4. The standard InChI is InChI=1S/C25H18F4N2O2/c26-19-9-6-15(7-10-19)16-8-11-22-20(14-16)30-23(33-22)21-5-2-12-31(21)24(32)17-3-1-4-18(13-17)25(27,28)29/h1,3-4,6-11,13-14,21H,2,5,12H2. The first-order chi connectivity index (χ1) is 15.8. The van der Waals surface area contributed by atoms with Crippen LogP contribution in [0, 0.1) is 5.82 Å². The Morgan fingerprint density at radius 3 is 2.52 bits per heavy atom. The predicted molar refractivity (Wildman–Crippen MR) is 114 cm³/mol. The summed E-state index contributed by atoms with van der Waals surface area (Å²) < 4.78 is 58.4. The first kappa shape index (κ1) is 21.2. The summed E-state index contributed by atoms with van der Waals surface area (Å²) in [4.78, 5) is 19.1. The average molecular weight is 454 g/mol. The highest BCUT2D eigenvalue weighted by molar-refractivity contribution is 5.95. The van der Waals surface area contributed by atoms with E-state index in [0.717, 1.165) is 23.3 Å². The molecule has 5 rings (SSSR count). The normalized spacial score (nSPS) is 16.5. The van der Waals surface area contributed by atoms with Gasteiger partial charge in [-0.1, -0.05) is 24.3 Å². The largest absolute Gasteiger partial charge is 0.438 e. The highest BCUT2D eigenvalue weighted by atomic mass is 19.4. The molecule has 1 aromatic heterocycles. The molecule has 3 aromatic carbocycles. The number of carbonyl (C=O) groups is 1. The molecular formula is C25H18F4N2O2. The van der Waals surface area contributed by atoms with E-state index in [2.05, 4.69) is 4.98 Å². The van der Waals surface area contributed by atoms with Crippen molar-refractivity contribution in [2.24, 2.45) is 0 Å². The molecule has 2 heterocycles. The minimum absolute atomic E-state index is 0.0218. The van der Waals surface area contributed by atoms with Gasteiger partial charge in [0, 0.05) is 12.1 Å². The van der Waals surface area contributed by atoms with Crippen molar-refractivity contribution in [2.45, 2.75) is 25.1 Å². The highest BCUT2D eigenvalue weighted by Gasteiger charge is 2.36. The number of carbonyl (C=O) groups excluding carboxylic acids is 1. The zero-order valence-electron chi connectivity index (χ0n) is 17.3. The van der Waals surface area contributed by atoms with E-state index in [-0.39, 0.29) is 11.4 Å². The van der Waals surface area contributed by atoms with E-state index in [1.54, 1.807) is 18.2 Å². The van der Waals surface area contributed by atoms with Crippen molar-refractivity contribution in [1.82, 2.24) is 9.88 Å². The van der Waals surface area contributed by atoms with E-state index in [9.17, 15) is 22.4 Å². The Labute approximate surface area is 186 Å². The van der Waals surface area contributed by atoms with Crippen LogP contribution in [-0.2, 0) is 6.18 Å². The van der Waals surface area contributed by atoms with Gasteiger partial charge in [0.15, 0.2) is 5.58 Å². The van der Waals surface area contributed by atoms with Crippen molar-refractivity contribution in [3.8, 4) is 11.1 Å². The van der Waals surface area contributed by atoms with Gasteiger partial charge in [-0.15, -0.1) is 0 Å². The quantitative estimate of drug-likeness (QED) is 0.327. The smallest absolute Gasteiger partial charge is 0.416 e. The van der Waals surface area contributed by atoms with E-state index < -0.39 is 23.7 Å². The highest BCUT2D eigenvalue weighted by Crippen LogP contribution is 2.36. The molecular weight excluding hydrogens is 436 g/mol. The third kappa shape index (κ3) is 4.08. The molecule has 1 fully saturated rings. The Kier molecular flexibility index (Phi) is 5.15. The number of halogens is 4. The number of aromatic nitrogens is 1. The van der Waals surface area contributed by atoms with Crippen LogP contribution in [0.25, 0.3) is 22.2 Å². The summed E-state index contributed by atoms with van der Waals surface area (Å²) in [6.45, 7) is 0.402. The van der Waals surface area contributed by atoms with Crippen molar-refractivity contribution in [3.05, 3.63) is 89.6 Å². The molecule has 33 heavy (non-hydrogen) atoms. The number of amides is 1. The third-order valence-electron chi connectivity index (χ3n) is 5.82. The molecule has 1 unspecified atom stereocenters. The zero-order valence-corrected chi connectivity index (χ0v) is 17.3. The maximum Gasteiger partial charge on any atom is 0.416 e. The number of nitrogens with zero attached hydrogens (tertiary/aromatic N) is 2. The summed E-state index contributed by atoms with van der Waals surface area (Å²) in [7, 11) is 0. The number of likely N-dealkylation sites (tertiary alicyclic amines) is 1. The molecule has 0 bridgehead atoms. The number of oxazole rings is 1. The van der Waals surface area contributed by atoms with Crippen LogP contribution in [0.4, 0.5) is 17.6 Å². The fourth-order valence-electron chi connectivity index (χ4n) is 4.17. The average Bonchev–Trinajstić information content (AvgIpc) is 3.45. The van der Waals surface area contributed by atoms with Crippen molar-refractivity contribution >= 4 is 17.0 Å². The monoisotopic (exact) mass is 454 g/mol. The summed E-state index contributed by atoms with van der Waals surface area (Å²) in [5.74, 6) is -0.466. The molecule has 1 saturated heterocycles. The van der Waals surface area contributed by atoms with E-state index in [1.807, 2.05) is 12.1 Å². The van der Waals surface area contributed by atoms with Gasteiger partial charge >= 0.3 is 6.18 Å². The summed E-state index contributed by atoms with van der Waals surface area (Å²) in [5.41, 5.74) is 1.90. The van der Waals surface area contributed by atoms with E-state index in [4.69, 9.17) is 4.42 Å². The van der Waals surface area contributed by atoms with Crippen LogP contribution in [0.5, 0.6) is 0 Å². The Balaban J connectivity index is 1.44. The first-order valence-electron chi connectivity index (χ1n) is 10.4. The lowest BCUT2D eigenvalue weighted by molar-refractivity contribution is -0.137. The molecule has 1 amide bonds. The molecule has 1 atom stereocenters. The van der Waals surface area contributed by atoms with Gasteiger partial charge < -0.3 is 9.32 Å². The van der Waals surface area contributed by atoms with Gasteiger partial charge in [0.05, 0.1) is 5.56 Å². The predicted octanol–water partition coefficient (Wildman–Crippen LogP) is 6.63. The van der Waals surface area contributed by atoms with E-state index in [0.29, 0.717) is 36.4 Å². The second-order valence-corrected chi connectivity index (χ2v) is 7.98. The number of hydrogen-bond acceptors (Lipinski definition) is 3. The number of benzene rings is 3. The van der Waals surface area contributed by atoms with Gasteiger partial charge in [0.1, 0.15) is 17.4 Å². The maximum atomic E-state index is 13.2. The summed E-state index contributed by atoms with van der Waals surface area (Å²) in [6, 6.07) is 15.5. The molecule has 168 valence electrons. The Morgan fingerprint density at radius 1 is 1.00 bits per heavy atom. The van der Waals surface area contributed by atoms with Crippen LogP contribution in [0.2, 0.25) is 0 Å². The Morgan fingerprint density at radius 2 is 1.76 bits per heavy atom. The van der Waals surface area contributed by atoms with Crippen molar-refractivity contribution in [3.63, 3.8) is 0 Å². The van der Waals surface area contributed by atoms with Crippen LogP contribution in [0.3, 0.4) is 0 Å². The van der Waals surface area contributed by atoms with Gasteiger partial charge in [-0.3, -0.25) is 4.79 Å². The maximum absolute atomic E-state index is 13.2. The van der Waals surface area contributed by atoms with Crippen molar-refractivity contribution in [2.75, 3.05) is 6.54 Å². The topological polar surface area (TPSA) is 46.3 Å². The van der Waals surface area contributed by atoms with Crippen LogP contribution < -0.4 is 0 Å². The van der Waals surface area contributed by atoms with E-state index in [1.165, 1.54) is 29.2 Å². The van der Waals surface area contributed by atoms with Gasteiger partial charge in [0.2, 0.25) is 5.89 Å². The molecule has 0 saturated carbocycles. The van der Waals surface area contributed by atoms with Crippen LogP contribution in [0.1, 0.15) is 40.7 Å². The van der Waals surface area contributed by atoms with Gasteiger partial charge in [-0.25, -0.2) is 9.37 Å². The lowest BCUT2D eigenvalue weighted by Crippen LogP contribution is -2.31. The molecule has 1 aliphatic rings. The van der Waals surface area contributed by atoms with Gasteiger partial charge in [-0.05, 0) is 66.4 Å². The molecule has 1 aliphatic heterocycles. The number of hydrogen-bond donors (Lipinski definition) is 0. The molecule has 0 radical (unpaired) electrons. The Bertz CT molecular complexity index is 1330. The summed E-state index contributed by atoms with van der Waals surface area (Å²) >= 11 is 0. The molecule has 0 spiro atoms. The second-order valence-electron chi connectivity index (χ2n) is 7.98. The van der Waals surface area contributed by atoms with Crippen LogP contribution in [-0.4, -0.2) is 22.3 Å². The van der Waals surface area contributed by atoms with Gasteiger partial charge in [0.25, 0.3) is 5.91 Å². The van der Waals surface area contributed by atoms with Crippen LogP contribution >= 0.6 is 0 Å². The molecule has 4 aromatic rings. The lowest BCUT2D eigenvalue weighted by atomic mass is 10.1. The van der Waals surface area contributed by atoms with Crippen molar-refractivity contribution < 1.29 is 26.8 Å². The molecule has 0 aliphatic carbocycles. The van der Waals surface area contributed by atoms with Crippen LogP contribution in [0.15, 0.2) is 71.1 Å². The fraction of sp³-hybridized carbons (Fsp3) is 0.200. The molecule has 8 heteroatoms. The molecule has 4 nitrogen and oxygen atoms in total. The number of rotatable bonds is 3. The van der Waals surface area contributed by atoms with Crippen molar-refractivity contribution in [1.29, 1.82) is 0 Å². The number of fused-ring (bicyclic) bond motifs is 1. The third-order valence-corrected chi connectivity index (χ3v) is 5.82. The summed E-state index contributed by atoms with van der Waals surface area (Å²) in [5, 5.41) is 0. The zero-order chi connectivity index (χ0) is 23.2. The number of alkyl halides is 3. The lowest BCUT2D eigenvalue weighted by Gasteiger charge is -2.22. The van der Waals surface area contributed by atoms with E-state index >= 15 is 0 Å². The minimum Gasteiger partial charge on any atom is -0.438 e. The molecule has 0 N–H and O–H groups in total.